The quantitative estimate of drug-likeness (QED) is 0.793. The summed E-state index contributed by atoms with van der Waals surface area (Å²) >= 11 is 5.64. The topological polar surface area (TPSA) is 50.5 Å². The molecule has 2 aromatic rings. The molecule has 2 rings (SSSR count). The molecular weight excluding hydrogens is 298 g/mol. The van der Waals surface area contributed by atoms with Crippen molar-refractivity contribution in [3.05, 3.63) is 47.7 Å². The van der Waals surface area contributed by atoms with Gasteiger partial charge in [0.1, 0.15) is 5.76 Å². The molecule has 1 heterocycles. The molecule has 0 saturated heterocycles. The lowest BCUT2D eigenvalue weighted by Gasteiger charge is -2.21. The second-order valence-corrected chi connectivity index (χ2v) is 6.42. The molecule has 0 bridgehead atoms. The van der Waals surface area contributed by atoms with Gasteiger partial charge in [-0.2, -0.15) is 8.42 Å². The number of aryl methyl sites for hydroxylation is 1. The summed E-state index contributed by atoms with van der Waals surface area (Å²) in [5.41, 5.74) is 1.69. The number of benzene rings is 1. The summed E-state index contributed by atoms with van der Waals surface area (Å²) in [5, 5.41) is -0.0874. The molecule has 0 radical (unpaired) electrons. The maximum Gasteiger partial charge on any atom is 0.297 e. The number of halogens is 1. The Kier molecular flexibility index (Phi) is 4.40. The molecule has 1 aromatic heterocycles. The van der Waals surface area contributed by atoms with Gasteiger partial charge in [0.15, 0.2) is 0 Å². The molecule has 0 aliphatic rings. The maximum atomic E-state index is 12.6. The zero-order valence-corrected chi connectivity index (χ0v) is 12.9. The van der Waals surface area contributed by atoms with Crippen molar-refractivity contribution < 1.29 is 12.8 Å². The van der Waals surface area contributed by atoms with Crippen molar-refractivity contribution in [1.82, 2.24) is 0 Å². The molecule has 0 aliphatic heterocycles. The number of rotatable bonds is 5. The van der Waals surface area contributed by atoms with E-state index in [1.54, 1.807) is 25.1 Å². The van der Waals surface area contributed by atoms with E-state index in [1.165, 1.54) is 10.4 Å². The summed E-state index contributed by atoms with van der Waals surface area (Å²) in [6.45, 7) is 4.05. The van der Waals surface area contributed by atoms with E-state index in [4.69, 9.17) is 16.0 Å². The molecule has 0 saturated carbocycles. The monoisotopic (exact) mass is 313 g/mol. The summed E-state index contributed by atoms with van der Waals surface area (Å²) in [6, 6.07) is 10.3. The number of sulfonamides is 1. The van der Waals surface area contributed by atoms with Gasteiger partial charge >= 0.3 is 0 Å². The van der Waals surface area contributed by atoms with Crippen molar-refractivity contribution >= 4 is 27.3 Å². The first-order valence-corrected chi connectivity index (χ1v) is 8.20. The summed E-state index contributed by atoms with van der Waals surface area (Å²) in [7, 11) is -3.70. The minimum atomic E-state index is -3.70. The zero-order chi connectivity index (χ0) is 14.8. The molecule has 1 aromatic carbocycles. The Morgan fingerprint density at radius 3 is 2.30 bits per heavy atom. The molecule has 0 atom stereocenters. The smallest absolute Gasteiger partial charge is 0.297 e. The van der Waals surface area contributed by atoms with Crippen molar-refractivity contribution in [2.75, 3.05) is 10.8 Å². The van der Waals surface area contributed by atoms with Crippen LogP contribution in [0.15, 0.2) is 45.9 Å². The fourth-order valence-corrected chi connectivity index (χ4v) is 3.43. The third-order valence-corrected chi connectivity index (χ3v) is 4.96. The van der Waals surface area contributed by atoms with Crippen LogP contribution in [-0.2, 0) is 15.9 Å². The number of hydrogen-bond acceptors (Lipinski definition) is 3. The molecule has 0 unspecified atom stereocenters. The molecule has 0 amide bonds. The van der Waals surface area contributed by atoms with Gasteiger partial charge in [0.2, 0.25) is 5.09 Å². The fourth-order valence-electron chi connectivity index (χ4n) is 1.88. The summed E-state index contributed by atoms with van der Waals surface area (Å²) < 4.78 is 31.7. The van der Waals surface area contributed by atoms with Crippen LogP contribution >= 0.6 is 11.6 Å². The Morgan fingerprint density at radius 1 is 1.15 bits per heavy atom. The van der Waals surface area contributed by atoms with Crippen LogP contribution in [0.2, 0.25) is 0 Å². The predicted octanol–water partition coefficient (Wildman–Crippen LogP) is 3.54. The van der Waals surface area contributed by atoms with Gasteiger partial charge in [0.05, 0.1) is 11.6 Å². The number of furan rings is 1. The van der Waals surface area contributed by atoms with Crippen molar-refractivity contribution in [1.29, 1.82) is 0 Å². The third kappa shape index (κ3) is 2.83. The van der Waals surface area contributed by atoms with Crippen LogP contribution in [-0.4, -0.2) is 15.0 Å². The second kappa shape index (κ2) is 5.89. The molecular formula is C14H16ClNO3S. The average molecular weight is 314 g/mol. The summed E-state index contributed by atoms with van der Waals surface area (Å²) in [4.78, 5) is 0. The Bertz CT molecular complexity index is 677. The number of nitrogens with zero attached hydrogens (tertiary/aromatic N) is 1. The molecule has 0 N–H and O–H groups in total. The van der Waals surface area contributed by atoms with Gasteiger partial charge in [-0.15, -0.1) is 11.6 Å². The molecule has 20 heavy (non-hydrogen) atoms. The Labute approximate surface area is 124 Å². The maximum absolute atomic E-state index is 12.6. The molecule has 6 heteroatoms. The zero-order valence-electron chi connectivity index (χ0n) is 11.3. The van der Waals surface area contributed by atoms with Gasteiger partial charge in [-0.25, -0.2) is 0 Å². The molecule has 0 aliphatic carbocycles. The first-order chi connectivity index (χ1) is 9.48. The van der Waals surface area contributed by atoms with Crippen molar-refractivity contribution in [3.8, 4) is 0 Å². The molecule has 108 valence electrons. The van der Waals surface area contributed by atoms with Gasteiger partial charge < -0.3 is 4.42 Å². The van der Waals surface area contributed by atoms with E-state index in [0.717, 1.165) is 5.56 Å². The lowest BCUT2D eigenvalue weighted by molar-refractivity contribution is 0.425. The van der Waals surface area contributed by atoms with Crippen LogP contribution < -0.4 is 4.31 Å². The summed E-state index contributed by atoms with van der Waals surface area (Å²) in [5.74, 6) is 0.580. The number of hydrogen-bond donors (Lipinski definition) is 0. The first-order valence-electron chi connectivity index (χ1n) is 6.23. The van der Waals surface area contributed by atoms with Crippen LogP contribution in [0.3, 0.4) is 0 Å². The largest absolute Gasteiger partial charge is 0.447 e. The minimum Gasteiger partial charge on any atom is -0.447 e. The van der Waals surface area contributed by atoms with E-state index in [2.05, 4.69) is 0 Å². The lowest BCUT2D eigenvalue weighted by Crippen LogP contribution is -2.30. The van der Waals surface area contributed by atoms with Gasteiger partial charge in [-0.3, -0.25) is 4.31 Å². The van der Waals surface area contributed by atoms with Crippen molar-refractivity contribution in [2.45, 2.75) is 24.8 Å². The van der Waals surface area contributed by atoms with Crippen molar-refractivity contribution in [3.63, 3.8) is 0 Å². The number of alkyl halides is 1. The molecule has 0 fully saturated rings. The standard InChI is InChI=1S/C14H16ClNO3S/c1-3-16(12-6-4-11(2)5-7-12)20(17,18)14-9-8-13(10-15)19-14/h4-9H,3,10H2,1-2H3. The normalized spacial score (nSPS) is 11.6. The van der Waals surface area contributed by atoms with Gasteiger partial charge in [-0.1, -0.05) is 17.7 Å². The molecule has 4 nitrogen and oxygen atoms in total. The predicted molar refractivity (Wildman–Crippen MR) is 79.6 cm³/mol. The van der Waals surface area contributed by atoms with E-state index in [1.807, 2.05) is 19.1 Å². The van der Waals surface area contributed by atoms with Crippen LogP contribution in [0, 0.1) is 6.92 Å². The van der Waals surface area contributed by atoms with Crippen LogP contribution in [0.1, 0.15) is 18.2 Å². The first kappa shape index (κ1) is 14.9. The fraction of sp³-hybridized carbons (Fsp3) is 0.286. The van der Waals surface area contributed by atoms with Gasteiger partial charge in [0, 0.05) is 6.54 Å². The Balaban J connectivity index is 2.41. The highest BCUT2D eigenvalue weighted by Crippen LogP contribution is 2.25. The van der Waals surface area contributed by atoms with Crippen LogP contribution in [0.4, 0.5) is 5.69 Å². The third-order valence-electron chi connectivity index (χ3n) is 2.92. The lowest BCUT2D eigenvalue weighted by atomic mass is 10.2. The van der Waals surface area contributed by atoms with E-state index in [0.29, 0.717) is 18.0 Å². The Morgan fingerprint density at radius 2 is 1.80 bits per heavy atom. The summed E-state index contributed by atoms with van der Waals surface area (Å²) in [6.07, 6.45) is 0. The van der Waals surface area contributed by atoms with E-state index in [9.17, 15) is 8.42 Å². The Hall–Kier alpha value is -1.46. The van der Waals surface area contributed by atoms with Crippen molar-refractivity contribution in [2.24, 2.45) is 0 Å². The van der Waals surface area contributed by atoms with Crippen LogP contribution in [0.25, 0.3) is 0 Å². The van der Waals surface area contributed by atoms with E-state index < -0.39 is 10.0 Å². The van der Waals surface area contributed by atoms with E-state index >= 15 is 0 Å². The highest BCUT2D eigenvalue weighted by Gasteiger charge is 2.26. The SMILES string of the molecule is CCN(c1ccc(C)cc1)S(=O)(=O)c1ccc(CCl)o1. The second-order valence-electron chi connectivity index (χ2n) is 4.36. The van der Waals surface area contributed by atoms with Gasteiger partial charge in [-0.05, 0) is 38.1 Å². The average Bonchev–Trinajstić information content (AvgIpc) is 2.91. The highest BCUT2D eigenvalue weighted by molar-refractivity contribution is 7.92. The van der Waals surface area contributed by atoms with Gasteiger partial charge in [0.25, 0.3) is 10.0 Å². The highest BCUT2D eigenvalue weighted by atomic mass is 35.5. The van der Waals surface area contributed by atoms with E-state index in [-0.39, 0.29) is 11.0 Å². The number of anilines is 1. The molecule has 0 spiro atoms. The minimum absolute atomic E-state index is 0.0874. The van der Waals surface area contributed by atoms with Crippen LogP contribution in [0.5, 0.6) is 0 Å².